The number of amides is 1. The topological polar surface area (TPSA) is 70.2 Å². The molecule has 1 atom stereocenters. The van der Waals surface area contributed by atoms with E-state index in [4.69, 9.17) is 4.74 Å². The predicted molar refractivity (Wildman–Crippen MR) is 93.6 cm³/mol. The molecule has 3 rings (SSSR count). The normalized spacial score (nSPS) is 22.6. The zero-order valence-corrected chi connectivity index (χ0v) is 15.9. The molecule has 0 aliphatic carbocycles. The molecule has 0 radical (unpaired) electrons. The van der Waals surface area contributed by atoms with Crippen LogP contribution >= 0.6 is 0 Å². The second kappa shape index (κ2) is 8.17. The Balaban J connectivity index is 1.64. The van der Waals surface area contributed by atoms with Crippen molar-refractivity contribution in [2.45, 2.75) is 17.4 Å². The first-order valence-corrected chi connectivity index (χ1v) is 10.3. The monoisotopic (exact) mass is 403 g/mol. The van der Waals surface area contributed by atoms with Gasteiger partial charge >= 0.3 is 0 Å². The van der Waals surface area contributed by atoms with Crippen molar-refractivity contribution in [1.82, 2.24) is 14.1 Å². The molecule has 2 aliphatic rings. The van der Waals surface area contributed by atoms with Crippen molar-refractivity contribution in [2.75, 3.05) is 53.0 Å². The zero-order chi connectivity index (χ0) is 19.6. The summed E-state index contributed by atoms with van der Waals surface area (Å²) in [6.07, 6.45) is 0.688. The number of hydrogen-bond acceptors (Lipinski definition) is 5. The largest absolute Gasteiger partial charge is 0.383 e. The number of ether oxygens (including phenoxy) is 1. The summed E-state index contributed by atoms with van der Waals surface area (Å²) < 4.78 is 58.7. The van der Waals surface area contributed by atoms with E-state index in [0.717, 1.165) is 16.4 Å². The number of benzene rings is 1. The molecule has 150 valence electrons. The Labute approximate surface area is 157 Å². The molecule has 27 heavy (non-hydrogen) atoms. The molecule has 2 aliphatic heterocycles. The fourth-order valence-corrected chi connectivity index (χ4v) is 5.05. The summed E-state index contributed by atoms with van der Waals surface area (Å²) in [4.78, 5) is 15.6. The lowest BCUT2D eigenvalue weighted by molar-refractivity contribution is -0.133. The van der Waals surface area contributed by atoms with E-state index in [-0.39, 0.29) is 25.0 Å². The standard InChI is InChI=1S/C17H23F2N3O4S/c1-26-11-10-21-5-4-15(17(21)23)20-6-8-22(9-7-20)27(24,25)16-12-13(18)2-3-14(16)19/h2-3,12,15H,4-11H2,1H3. The van der Waals surface area contributed by atoms with E-state index in [1.165, 1.54) is 0 Å². The van der Waals surface area contributed by atoms with Crippen LogP contribution in [0.5, 0.6) is 0 Å². The van der Waals surface area contributed by atoms with Gasteiger partial charge in [-0.25, -0.2) is 17.2 Å². The number of halogens is 2. The fourth-order valence-electron chi connectivity index (χ4n) is 3.55. The predicted octanol–water partition coefficient (Wildman–Crippen LogP) is 0.518. The molecule has 7 nitrogen and oxygen atoms in total. The second-order valence-corrected chi connectivity index (χ2v) is 8.54. The number of hydrogen-bond donors (Lipinski definition) is 0. The van der Waals surface area contributed by atoms with E-state index in [2.05, 4.69) is 0 Å². The maximum atomic E-state index is 13.9. The molecule has 1 amide bonds. The molecule has 0 saturated carbocycles. The highest BCUT2D eigenvalue weighted by molar-refractivity contribution is 7.89. The molecule has 1 unspecified atom stereocenters. The number of rotatable bonds is 6. The number of carbonyl (C=O) groups is 1. The number of sulfonamides is 1. The number of piperazine rings is 1. The van der Waals surface area contributed by atoms with Gasteiger partial charge in [-0.2, -0.15) is 4.31 Å². The van der Waals surface area contributed by atoms with Gasteiger partial charge in [0, 0.05) is 46.4 Å². The highest BCUT2D eigenvalue weighted by atomic mass is 32.2. The molecule has 1 aromatic rings. The molecule has 2 heterocycles. The van der Waals surface area contributed by atoms with Gasteiger partial charge in [0.15, 0.2) is 0 Å². The maximum Gasteiger partial charge on any atom is 0.246 e. The van der Waals surface area contributed by atoms with Gasteiger partial charge in [-0.15, -0.1) is 0 Å². The van der Waals surface area contributed by atoms with Crippen LogP contribution in [-0.4, -0.2) is 87.5 Å². The molecule has 0 spiro atoms. The average molecular weight is 403 g/mol. The van der Waals surface area contributed by atoms with E-state index in [0.29, 0.717) is 45.3 Å². The van der Waals surface area contributed by atoms with Crippen LogP contribution in [-0.2, 0) is 19.6 Å². The molecule has 0 aromatic heterocycles. The molecule has 0 bridgehead atoms. The van der Waals surface area contributed by atoms with Gasteiger partial charge in [-0.3, -0.25) is 9.69 Å². The first kappa shape index (κ1) is 20.1. The second-order valence-electron chi connectivity index (χ2n) is 6.64. The summed E-state index contributed by atoms with van der Waals surface area (Å²) in [6.45, 7) is 2.65. The number of likely N-dealkylation sites (tertiary alicyclic amines) is 1. The van der Waals surface area contributed by atoms with Crippen LogP contribution in [0.2, 0.25) is 0 Å². The lowest BCUT2D eigenvalue weighted by atomic mass is 10.2. The van der Waals surface area contributed by atoms with E-state index in [1.807, 2.05) is 4.90 Å². The van der Waals surface area contributed by atoms with Crippen molar-refractivity contribution in [2.24, 2.45) is 0 Å². The molecule has 1 aromatic carbocycles. The average Bonchev–Trinajstić information content (AvgIpc) is 3.02. The molecule has 2 fully saturated rings. The Morgan fingerprint density at radius 1 is 1.15 bits per heavy atom. The summed E-state index contributed by atoms with van der Waals surface area (Å²) in [5.41, 5.74) is 0. The Kier molecular flexibility index (Phi) is 6.09. The number of carbonyl (C=O) groups excluding carboxylic acids is 1. The Hall–Kier alpha value is -1.62. The maximum absolute atomic E-state index is 13.9. The minimum absolute atomic E-state index is 0.0273. The van der Waals surface area contributed by atoms with Gasteiger partial charge in [0.1, 0.15) is 16.5 Å². The molecular formula is C17H23F2N3O4S. The van der Waals surface area contributed by atoms with E-state index in [9.17, 15) is 22.0 Å². The van der Waals surface area contributed by atoms with E-state index < -0.39 is 26.6 Å². The fraction of sp³-hybridized carbons (Fsp3) is 0.588. The molecule has 10 heteroatoms. The third-order valence-corrected chi connectivity index (χ3v) is 6.97. The molecule has 0 N–H and O–H groups in total. The van der Waals surface area contributed by atoms with Crippen LogP contribution in [0, 0.1) is 11.6 Å². The van der Waals surface area contributed by atoms with Crippen LogP contribution in [0.15, 0.2) is 23.1 Å². The lowest BCUT2D eigenvalue weighted by Gasteiger charge is -2.36. The highest BCUT2D eigenvalue weighted by Crippen LogP contribution is 2.24. The van der Waals surface area contributed by atoms with Gasteiger partial charge in [0.2, 0.25) is 15.9 Å². The van der Waals surface area contributed by atoms with Gasteiger partial charge < -0.3 is 9.64 Å². The van der Waals surface area contributed by atoms with Gasteiger partial charge in [0.05, 0.1) is 12.6 Å². The minimum atomic E-state index is -4.12. The smallest absolute Gasteiger partial charge is 0.246 e. The first-order valence-electron chi connectivity index (χ1n) is 8.81. The molecular weight excluding hydrogens is 380 g/mol. The van der Waals surface area contributed by atoms with Gasteiger partial charge in [-0.1, -0.05) is 0 Å². The SMILES string of the molecule is COCCN1CCC(N2CCN(S(=O)(=O)c3cc(F)ccc3F)CC2)C1=O. The van der Waals surface area contributed by atoms with Crippen molar-refractivity contribution in [3.63, 3.8) is 0 Å². The van der Waals surface area contributed by atoms with Crippen molar-refractivity contribution in [3.8, 4) is 0 Å². The molecule has 2 saturated heterocycles. The Morgan fingerprint density at radius 2 is 1.85 bits per heavy atom. The summed E-state index contributed by atoms with van der Waals surface area (Å²) in [5, 5.41) is 0. The van der Waals surface area contributed by atoms with E-state index >= 15 is 0 Å². The van der Waals surface area contributed by atoms with E-state index in [1.54, 1.807) is 12.0 Å². The third kappa shape index (κ3) is 4.13. The lowest BCUT2D eigenvalue weighted by Crippen LogP contribution is -2.53. The van der Waals surface area contributed by atoms with Crippen LogP contribution in [0.4, 0.5) is 8.78 Å². The number of nitrogens with zero attached hydrogens (tertiary/aromatic N) is 3. The quantitative estimate of drug-likeness (QED) is 0.693. The van der Waals surface area contributed by atoms with Crippen molar-refractivity contribution < 1.29 is 26.7 Å². The Bertz CT molecular complexity index is 797. The zero-order valence-electron chi connectivity index (χ0n) is 15.1. The number of methoxy groups -OCH3 is 1. The van der Waals surface area contributed by atoms with Crippen molar-refractivity contribution in [1.29, 1.82) is 0 Å². The van der Waals surface area contributed by atoms with Gasteiger partial charge in [0.25, 0.3) is 0 Å². The van der Waals surface area contributed by atoms with Crippen molar-refractivity contribution >= 4 is 15.9 Å². The highest BCUT2D eigenvalue weighted by Gasteiger charge is 2.39. The summed E-state index contributed by atoms with van der Waals surface area (Å²) >= 11 is 0. The third-order valence-electron chi connectivity index (χ3n) is 5.06. The summed E-state index contributed by atoms with van der Waals surface area (Å²) in [5.74, 6) is -1.75. The minimum Gasteiger partial charge on any atom is -0.383 e. The van der Waals surface area contributed by atoms with Crippen LogP contribution in [0.25, 0.3) is 0 Å². The summed E-state index contributed by atoms with van der Waals surface area (Å²) in [7, 11) is -2.54. The summed E-state index contributed by atoms with van der Waals surface area (Å²) in [6, 6.07) is 2.13. The van der Waals surface area contributed by atoms with Crippen LogP contribution in [0.3, 0.4) is 0 Å². The first-order chi connectivity index (χ1) is 12.8. The van der Waals surface area contributed by atoms with Crippen molar-refractivity contribution in [3.05, 3.63) is 29.8 Å². The van der Waals surface area contributed by atoms with Crippen LogP contribution < -0.4 is 0 Å². The van der Waals surface area contributed by atoms with Gasteiger partial charge in [-0.05, 0) is 24.6 Å². The Morgan fingerprint density at radius 3 is 2.52 bits per heavy atom. The van der Waals surface area contributed by atoms with Crippen LogP contribution in [0.1, 0.15) is 6.42 Å².